The van der Waals surface area contributed by atoms with Crippen molar-refractivity contribution in [3.63, 3.8) is 0 Å². The van der Waals surface area contributed by atoms with Crippen molar-refractivity contribution in [1.82, 2.24) is 40.4 Å². The normalized spacial score (nSPS) is 21.5. The summed E-state index contributed by atoms with van der Waals surface area (Å²) in [6, 6.07) is 17.6. The number of ether oxygens (including phenoxy) is 2. The highest BCUT2D eigenvalue weighted by atomic mass is 16.6. The lowest BCUT2D eigenvalue weighted by molar-refractivity contribution is -0.147. The smallest absolute Gasteiger partial charge is 0.407 e. The topological polar surface area (TPSA) is 178 Å². The van der Waals surface area contributed by atoms with E-state index >= 15 is 0 Å². The van der Waals surface area contributed by atoms with Gasteiger partial charge in [0.15, 0.2) is 0 Å². The molecule has 304 valence electrons. The monoisotopic (exact) mass is 788 g/mol. The summed E-state index contributed by atoms with van der Waals surface area (Å²) in [4.78, 5) is 60.3. The molecule has 0 bridgehead atoms. The molecule has 2 aliphatic heterocycles. The summed E-state index contributed by atoms with van der Waals surface area (Å²) in [5, 5.41) is 18.2. The van der Waals surface area contributed by atoms with Gasteiger partial charge in [-0.15, -0.1) is 0 Å². The number of carbonyl (C=O) groups is 3. The second kappa shape index (κ2) is 16.1. The van der Waals surface area contributed by atoms with Crippen LogP contribution in [0.25, 0.3) is 44.2 Å². The zero-order valence-electron chi connectivity index (χ0n) is 33.1. The Balaban J connectivity index is 0.902. The standard InChI is InChI=1S/C44H52N8O6/c1-57-43(55)49-37(25-7-3-8-25)41(53)51-19-5-11-35(51)39-45-24-34(48-39)31-16-15-27-21-28(13-14-29(27)22-31)30-17-18-32-33(23-30)47-40(46-32)36-12-6-20-52(36)42(54)38(26-9-4-10-26)50-44(56)58-2/h13-18,21-26,35-38,44,50,56H,3-12,19-20H2,1-2H3,(H,45,48)(H,46,47)(H,49,55)/t35-,36-,37-,38-,44?/m0/s1. The molecule has 5 N–H and O–H groups in total. The molecule has 1 unspecified atom stereocenters. The highest BCUT2D eigenvalue weighted by Crippen LogP contribution is 2.39. The fourth-order valence-corrected chi connectivity index (χ4v) is 9.34. The minimum Gasteiger partial charge on any atom is -0.453 e. The van der Waals surface area contributed by atoms with E-state index in [-0.39, 0.29) is 35.7 Å². The van der Waals surface area contributed by atoms with E-state index in [4.69, 9.17) is 19.4 Å². The van der Waals surface area contributed by atoms with Gasteiger partial charge in [0.05, 0.1) is 48.2 Å². The number of aromatic amines is 2. The lowest BCUT2D eigenvalue weighted by Gasteiger charge is -2.37. The van der Waals surface area contributed by atoms with E-state index in [1.807, 2.05) is 22.1 Å². The molecule has 14 heteroatoms. The van der Waals surface area contributed by atoms with E-state index in [9.17, 15) is 19.5 Å². The molecular formula is C44H52N8O6. The van der Waals surface area contributed by atoms with E-state index in [1.54, 1.807) is 0 Å². The number of fused-ring (bicyclic) bond motifs is 2. The molecule has 2 saturated carbocycles. The first kappa shape index (κ1) is 38.2. The summed E-state index contributed by atoms with van der Waals surface area (Å²) in [5.41, 5.74) is 5.80. The molecule has 0 radical (unpaired) electrons. The molecule has 4 aliphatic rings. The van der Waals surface area contributed by atoms with Crippen LogP contribution >= 0.6 is 0 Å². The van der Waals surface area contributed by atoms with Gasteiger partial charge >= 0.3 is 6.09 Å². The Hall–Kier alpha value is -5.31. The van der Waals surface area contributed by atoms with Crippen molar-refractivity contribution in [2.24, 2.45) is 11.8 Å². The number of amides is 3. The number of aliphatic hydroxyl groups excluding tert-OH is 1. The second-order valence-electron chi connectivity index (χ2n) is 16.4. The first-order chi connectivity index (χ1) is 28.3. The highest BCUT2D eigenvalue weighted by Gasteiger charge is 2.42. The minimum atomic E-state index is -1.19. The molecule has 14 nitrogen and oxygen atoms in total. The number of hydrogen-bond acceptors (Lipinski definition) is 9. The molecule has 2 aliphatic carbocycles. The summed E-state index contributed by atoms with van der Waals surface area (Å²) in [5.74, 6) is 1.77. The fourth-order valence-electron chi connectivity index (χ4n) is 9.34. The van der Waals surface area contributed by atoms with Crippen LogP contribution in [0, 0.1) is 11.8 Å². The average molecular weight is 789 g/mol. The van der Waals surface area contributed by atoms with Crippen molar-refractivity contribution in [2.45, 2.75) is 94.8 Å². The van der Waals surface area contributed by atoms with Crippen LogP contribution < -0.4 is 10.6 Å². The van der Waals surface area contributed by atoms with Crippen LogP contribution in [0.5, 0.6) is 0 Å². The predicted octanol–water partition coefficient (Wildman–Crippen LogP) is 6.31. The van der Waals surface area contributed by atoms with E-state index in [2.05, 4.69) is 69.1 Å². The molecule has 3 aromatic carbocycles. The molecule has 2 saturated heterocycles. The van der Waals surface area contributed by atoms with Crippen molar-refractivity contribution in [1.29, 1.82) is 0 Å². The molecule has 4 fully saturated rings. The zero-order chi connectivity index (χ0) is 39.9. The van der Waals surface area contributed by atoms with Crippen molar-refractivity contribution >= 4 is 39.7 Å². The summed E-state index contributed by atoms with van der Waals surface area (Å²) >= 11 is 0. The van der Waals surface area contributed by atoms with Crippen LogP contribution in [0.15, 0.2) is 60.8 Å². The first-order valence-corrected chi connectivity index (χ1v) is 20.8. The number of nitrogens with one attached hydrogen (secondary N) is 4. The maximum absolute atomic E-state index is 13.9. The van der Waals surface area contributed by atoms with Gasteiger partial charge in [0.25, 0.3) is 0 Å². The number of methoxy groups -OCH3 is 2. The van der Waals surface area contributed by atoms with Crippen LogP contribution in [0.2, 0.25) is 0 Å². The summed E-state index contributed by atoms with van der Waals surface area (Å²) in [7, 11) is 2.74. The van der Waals surface area contributed by atoms with Gasteiger partial charge in [-0.3, -0.25) is 14.9 Å². The number of imidazole rings is 2. The molecule has 0 spiro atoms. The van der Waals surface area contributed by atoms with Crippen LogP contribution in [-0.4, -0.2) is 98.6 Å². The Morgan fingerprint density at radius 2 is 1.34 bits per heavy atom. The summed E-state index contributed by atoms with van der Waals surface area (Å²) in [6.45, 7) is 1.28. The van der Waals surface area contributed by atoms with Crippen LogP contribution in [0.1, 0.15) is 87.9 Å². The fraction of sp³-hybridized carbons (Fsp3) is 0.477. The summed E-state index contributed by atoms with van der Waals surface area (Å²) < 4.78 is 9.88. The number of rotatable bonds is 12. The first-order valence-electron chi connectivity index (χ1n) is 20.8. The van der Waals surface area contributed by atoms with E-state index in [0.717, 1.165) is 120 Å². The maximum atomic E-state index is 13.9. The van der Waals surface area contributed by atoms with Gasteiger partial charge in [-0.2, -0.15) is 0 Å². The van der Waals surface area contributed by atoms with Crippen molar-refractivity contribution in [2.75, 3.05) is 27.3 Å². The van der Waals surface area contributed by atoms with Gasteiger partial charge in [0.1, 0.15) is 17.7 Å². The van der Waals surface area contributed by atoms with Crippen molar-refractivity contribution < 1.29 is 29.0 Å². The van der Waals surface area contributed by atoms with E-state index in [0.29, 0.717) is 13.1 Å². The third kappa shape index (κ3) is 7.33. The van der Waals surface area contributed by atoms with Gasteiger partial charge in [-0.25, -0.2) is 14.8 Å². The van der Waals surface area contributed by atoms with Gasteiger partial charge in [-0.05, 0) is 109 Å². The molecule has 5 atom stereocenters. The second-order valence-corrected chi connectivity index (χ2v) is 16.4. The third-order valence-corrected chi connectivity index (χ3v) is 13.1. The number of hydrogen-bond donors (Lipinski definition) is 5. The van der Waals surface area contributed by atoms with Gasteiger partial charge < -0.3 is 39.7 Å². The van der Waals surface area contributed by atoms with E-state index < -0.39 is 24.6 Å². The number of aromatic nitrogens is 4. The zero-order valence-corrected chi connectivity index (χ0v) is 33.1. The number of likely N-dealkylation sites (tertiary alicyclic amines) is 2. The van der Waals surface area contributed by atoms with Crippen LogP contribution in [0.3, 0.4) is 0 Å². The number of benzene rings is 3. The highest BCUT2D eigenvalue weighted by molar-refractivity contribution is 5.92. The molecule has 5 aromatic rings. The molecule has 58 heavy (non-hydrogen) atoms. The van der Waals surface area contributed by atoms with E-state index in [1.165, 1.54) is 14.2 Å². The quantitative estimate of drug-likeness (QED) is 0.0908. The average Bonchev–Trinajstić information content (AvgIpc) is 4.04. The maximum Gasteiger partial charge on any atom is 0.407 e. The number of carbonyl (C=O) groups excluding carboxylic acids is 3. The van der Waals surface area contributed by atoms with Crippen molar-refractivity contribution in [3.05, 3.63) is 72.4 Å². The molecule has 2 aromatic heterocycles. The summed E-state index contributed by atoms with van der Waals surface area (Å²) in [6.07, 6.45) is 9.36. The number of alkyl carbamates (subject to hydrolysis) is 1. The van der Waals surface area contributed by atoms with Gasteiger partial charge in [0, 0.05) is 25.8 Å². The van der Waals surface area contributed by atoms with Crippen molar-refractivity contribution in [3.8, 4) is 22.4 Å². The molecule has 9 rings (SSSR count). The predicted molar refractivity (Wildman–Crippen MR) is 218 cm³/mol. The Bertz CT molecular complexity index is 2320. The minimum absolute atomic E-state index is 0.00678. The number of H-pyrrole nitrogens is 2. The lowest BCUT2D eigenvalue weighted by Crippen LogP contribution is -2.55. The van der Waals surface area contributed by atoms with Gasteiger partial charge in [-0.1, -0.05) is 43.2 Å². The Kier molecular flexibility index (Phi) is 10.6. The molecular weight excluding hydrogens is 737 g/mol. The lowest BCUT2D eigenvalue weighted by atomic mass is 9.79. The largest absolute Gasteiger partial charge is 0.453 e. The SMILES string of the molecule is COC(=O)N[C@H](C(=O)N1CCC[C@H]1c1ncc(-c2ccc3cc(-c4ccc5nc([C@@H]6CCCN6C(=O)[C@@H](NC(O)OC)C6CCC6)[nH]c5c4)ccc3c2)[nH]1)C1CCC1. The Labute approximate surface area is 337 Å². The van der Waals surface area contributed by atoms with Crippen LogP contribution in [0.4, 0.5) is 4.79 Å². The van der Waals surface area contributed by atoms with Crippen LogP contribution in [-0.2, 0) is 19.1 Å². The Morgan fingerprint density at radius 1 is 0.741 bits per heavy atom. The third-order valence-electron chi connectivity index (χ3n) is 13.1. The number of nitrogens with zero attached hydrogens (tertiary/aromatic N) is 4. The Morgan fingerprint density at radius 3 is 2.00 bits per heavy atom. The molecule has 4 heterocycles. The number of aliphatic hydroxyl groups is 1. The van der Waals surface area contributed by atoms with Gasteiger partial charge in [0.2, 0.25) is 18.2 Å². The molecule has 3 amide bonds.